The first-order chi connectivity index (χ1) is 13.5. The lowest BCUT2D eigenvalue weighted by molar-refractivity contribution is -0.0874. The normalized spacial score (nSPS) is 19.6. The van der Waals surface area contributed by atoms with Crippen LogP contribution in [0, 0.1) is 17.5 Å². The molecule has 0 aromatic heterocycles. The van der Waals surface area contributed by atoms with E-state index in [1.54, 1.807) is 19.1 Å². The Morgan fingerprint density at radius 1 is 1.04 bits per heavy atom. The molecule has 6 heteroatoms. The molecule has 0 amide bonds. The zero-order chi connectivity index (χ0) is 20.1. The molecule has 1 aliphatic heterocycles. The fourth-order valence-electron chi connectivity index (χ4n) is 3.37. The van der Waals surface area contributed by atoms with Crippen molar-refractivity contribution in [2.24, 2.45) is 0 Å². The Morgan fingerprint density at radius 3 is 2.50 bits per heavy atom. The zero-order valence-electron chi connectivity index (χ0n) is 16.1. The zero-order valence-corrected chi connectivity index (χ0v) is 16.1. The average Bonchev–Trinajstić information content (AvgIpc) is 2.70. The molecule has 0 N–H and O–H groups in total. The van der Waals surface area contributed by atoms with E-state index in [9.17, 15) is 13.2 Å². The molecule has 3 rings (SSSR count). The molecule has 2 atom stereocenters. The van der Waals surface area contributed by atoms with E-state index in [1.807, 2.05) is 6.92 Å². The van der Waals surface area contributed by atoms with Crippen molar-refractivity contribution in [1.29, 1.82) is 0 Å². The van der Waals surface area contributed by atoms with Crippen molar-refractivity contribution in [3.05, 3.63) is 53.3 Å². The molecular formula is C22H25F3O3. The summed E-state index contributed by atoms with van der Waals surface area (Å²) in [7, 11) is 0. The molecule has 0 spiro atoms. The van der Waals surface area contributed by atoms with Crippen LogP contribution in [0.2, 0.25) is 0 Å². The SMILES string of the molecule is CCCOC1CCC(c2ccc(-c3ccc(OCC)c(F)c3F)cc2F)OC1. The van der Waals surface area contributed by atoms with Gasteiger partial charge in [-0.25, -0.2) is 8.78 Å². The maximum Gasteiger partial charge on any atom is 0.201 e. The lowest BCUT2D eigenvalue weighted by Crippen LogP contribution is -2.28. The Labute approximate surface area is 163 Å². The first-order valence-corrected chi connectivity index (χ1v) is 9.68. The van der Waals surface area contributed by atoms with Gasteiger partial charge < -0.3 is 14.2 Å². The smallest absolute Gasteiger partial charge is 0.201 e. The summed E-state index contributed by atoms with van der Waals surface area (Å²) >= 11 is 0. The highest BCUT2D eigenvalue weighted by molar-refractivity contribution is 5.66. The molecule has 1 heterocycles. The minimum absolute atomic E-state index is 0.0102. The lowest BCUT2D eigenvalue weighted by atomic mass is 9.96. The van der Waals surface area contributed by atoms with E-state index < -0.39 is 17.5 Å². The van der Waals surface area contributed by atoms with Gasteiger partial charge in [-0.3, -0.25) is 0 Å². The summed E-state index contributed by atoms with van der Waals surface area (Å²) in [5.74, 6) is -2.78. The van der Waals surface area contributed by atoms with Gasteiger partial charge in [-0.15, -0.1) is 0 Å². The van der Waals surface area contributed by atoms with Crippen LogP contribution in [0.15, 0.2) is 30.3 Å². The molecule has 0 bridgehead atoms. The summed E-state index contributed by atoms with van der Waals surface area (Å²) in [4.78, 5) is 0. The van der Waals surface area contributed by atoms with Crippen molar-refractivity contribution >= 4 is 0 Å². The second-order valence-electron chi connectivity index (χ2n) is 6.80. The van der Waals surface area contributed by atoms with Gasteiger partial charge in [-0.1, -0.05) is 19.1 Å². The molecule has 2 unspecified atom stereocenters. The summed E-state index contributed by atoms with van der Waals surface area (Å²) in [5.41, 5.74) is 0.675. The largest absolute Gasteiger partial charge is 0.491 e. The average molecular weight is 394 g/mol. The third-order valence-electron chi connectivity index (χ3n) is 4.80. The summed E-state index contributed by atoms with van der Waals surface area (Å²) in [6.45, 7) is 5.06. The predicted octanol–water partition coefficient (Wildman–Crippen LogP) is 5.82. The van der Waals surface area contributed by atoms with Crippen molar-refractivity contribution in [3.8, 4) is 16.9 Å². The number of hydrogen-bond donors (Lipinski definition) is 0. The van der Waals surface area contributed by atoms with Crippen molar-refractivity contribution < 1.29 is 27.4 Å². The molecule has 1 fully saturated rings. The van der Waals surface area contributed by atoms with Gasteiger partial charge in [-0.05, 0) is 49.9 Å². The molecule has 152 valence electrons. The van der Waals surface area contributed by atoms with E-state index in [-0.39, 0.29) is 35.7 Å². The number of halogens is 3. The van der Waals surface area contributed by atoms with Crippen LogP contribution in [0.4, 0.5) is 13.2 Å². The van der Waals surface area contributed by atoms with Crippen LogP contribution >= 0.6 is 0 Å². The first-order valence-electron chi connectivity index (χ1n) is 9.68. The Hall–Kier alpha value is -2.05. The van der Waals surface area contributed by atoms with Crippen LogP contribution in [-0.4, -0.2) is 25.9 Å². The predicted molar refractivity (Wildman–Crippen MR) is 101 cm³/mol. The number of hydrogen-bond acceptors (Lipinski definition) is 3. The Morgan fingerprint density at radius 2 is 1.86 bits per heavy atom. The van der Waals surface area contributed by atoms with E-state index >= 15 is 0 Å². The maximum atomic E-state index is 14.7. The number of rotatable bonds is 7. The summed E-state index contributed by atoms with van der Waals surface area (Å²) in [6, 6.07) is 7.13. The third-order valence-corrected chi connectivity index (χ3v) is 4.80. The van der Waals surface area contributed by atoms with Crippen LogP contribution in [0.1, 0.15) is 44.8 Å². The maximum absolute atomic E-state index is 14.7. The van der Waals surface area contributed by atoms with Gasteiger partial charge in [0.25, 0.3) is 0 Å². The fraction of sp³-hybridized carbons (Fsp3) is 0.455. The van der Waals surface area contributed by atoms with Gasteiger partial charge in [0.15, 0.2) is 11.6 Å². The van der Waals surface area contributed by atoms with Crippen molar-refractivity contribution in [3.63, 3.8) is 0 Å². The van der Waals surface area contributed by atoms with E-state index in [4.69, 9.17) is 14.2 Å². The van der Waals surface area contributed by atoms with Crippen LogP contribution in [-0.2, 0) is 9.47 Å². The molecule has 0 saturated carbocycles. The van der Waals surface area contributed by atoms with Crippen LogP contribution in [0.25, 0.3) is 11.1 Å². The third kappa shape index (κ3) is 4.50. The van der Waals surface area contributed by atoms with Crippen molar-refractivity contribution in [2.45, 2.75) is 45.3 Å². The molecule has 28 heavy (non-hydrogen) atoms. The van der Waals surface area contributed by atoms with Crippen LogP contribution in [0.3, 0.4) is 0 Å². The van der Waals surface area contributed by atoms with Gasteiger partial charge in [0.2, 0.25) is 5.82 Å². The number of benzene rings is 2. The quantitative estimate of drug-likeness (QED) is 0.593. The Kier molecular flexibility index (Phi) is 6.97. The Bertz CT molecular complexity index is 802. The minimum atomic E-state index is -1.07. The van der Waals surface area contributed by atoms with Gasteiger partial charge in [-0.2, -0.15) is 4.39 Å². The van der Waals surface area contributed by atoms with Crippen LogP contribution in [0.5, 0.6) is 5.75 Å². The van der Waals surface area contributed by atoms with Gasteiger partial charge in [0, 0.05) is 17.7 Å². The molecule has 0 aliphatic carbocycles. The minimum Gasteiger partial charge on any atom is -0.491 e. The highest BCUT2D eigenvalue weighted by Crippen LogP contribution is 2.35. The highest BCUT2D eigenvalue weighted by Gasteiger charge is 2.26. The molecule has 2 aromatic carbocycles. The number of ether oxygens (including phenoxy) is 3. The van der Waals surface area contributed by atoms with E-state index in [2.05, 4.69) is 0 Å². The second kappa shape index (κ2) is 9.43. The molecule has 3 nitrogen and oxygen atoms in total. The fourth-order valence-corrected chi connectivity index (χ4v) is 3.37. The van der Waals surface area contributed by atoms with Gasteiger partial charge in [0.1, 0.15) is 5.82 Å². The second-order valence-corrected chi connectivity index (χ2v) is 6.80. The molecule has 0 radical (unpaired) electrons. The highest BCUT2D eigenvalue weighted by atomic mass is 19.2. The standard InChI is InChI=1S/C22H25F3O3/c1-3-11-27-15-6-9-19(28-13-15)17-7-5-14(12-18(17)23)16-8-10-20(26-4-2)22(25)21(16)24/h5,7-8,10,12,15,19H,3-4,6,9,11,13H2,1-2H3. The van der Waals surface area contributed by atoms with Crippen molar-refractivity contribution in [2.75, 3.05) is 19.8 Å². The van der Waals surface area contributed by atoms with Crippen LogP contribution < -0.4 is 4.74 Å². The molecule has 2 aromatic rings. The monoisotopic (exact) mass is 394 g/mol. The summed E-state index contributed by atoms with van der Waals surface area (Å²) in [5, 5.41) is 0. The van der Waals surface area contributed by atoms with E-state index in [0.29, 0.717) is 25.2 Å². The lowest BCUT2D eigenvalue weighted by Gasteiger charge is -2.29. The summed E-state index contributed by atoms with van der Waals surface area (Å²) in [6.07, 6.45) is 2.07. The molecule has 1 aliphatic rings. The van der Waals surface area contributed by atoms with Gasteiger partial charge >= 0.3 is 0 Å². The topological polar surface area (TPSA) is 27.7 Å². The van der Waals surface area contributed by atoms with E-state index in [0.717, 1.165) is 12.8 Å². The van der Waals surface area contributed by atoms with Gasteiger partial charge in [0.05, 0.1) is 25.4 Å². The molecule has 1 saturated heterocycles. The molecular weight excluding hydrogens is 369 g/mol. The van der Waals surface area contributed by atoms with Crippen molar-refractivity contribution in [1.82, 2.24) is 0 Å². The van der Waals surface area contributed by atoms with E-state index in [1.165, 1.54) is 18.2 Å². The summed E-state index contributed by atoms with van der Waals surface area (Å²) < 4.78 is 59.7. The first kappa shape index (κ1) is 20.7. The Balaban J connectivity index is 1.76.